The first-order valence-corrected chi connectivity index (χ1v) is 9.96. The molecule has 1 saturated carbocycles. The van der Waals surface area contributed by atoms with Gasteiger partial charge >= 0.3 is 0 Å². The van der Waals surface area contributed by atoms with Gasteiger partial charge in [0.1, 0.15) is 11.6 Å². The van der Waals surface area contributed by atoms with Gasteiger partial charge in [-0.2, -0.15) is 0 Å². The highest BCUT2D eigenvalue weighted by Gasteiger charge is 2.51. The summed E-state index contributed by atoms with van der Waals surface area (Å²) < 4.78 is 6.11. The van der Waals surface area contributed by atoms with Crippen molar-refractivity contribution in [3.63, 3.8) is 0 Å². The van der Waals surface area contributed by atoms with Gasteiger partial charge in [-0.25, -0.2) is 0 Å². The second-order valence-corrected chi connectivity index (χ2v) is 8.45. The molecule has 1 aromatic carbocycles. The zero-order chi connectivity index (χ0) is 19.0. The molecular weight excluding hydrogens is 342 g/mol. The lowest BCUT2D eigenvalue weighted by Gasteiger charge is -2.54. The first kappa shape index (κ1) is 18.4. The summed E-state index contributed by atoms with van der Waals surface area (Å²) in [5.74, 6) is 0.128. The molecule has 1 aromatic rings. The van der Waals surface area contributed by atoms with Crippen LogP contribution < -0.4 is 5.32 Å². The molecule has 1 N–H and O–H groups in total. The molecule has 6 nitrogen and oxygen atoms in total. The molecule has 0 bridgehead atoms. The van der Waals surface area contributed by atoms with E-state index in [0.29, 0.717) is 32.3 Å². The number of ether oxygens (including phenoxy) is 1. The van der Waals surface area contributed by atoms with Gasteiger partial charge in [0.15, 0.2) is 0 Å². The summed E-state index contributed by atoms with van der Waals surface area (Å²) in [5, 5.41) is 3.17. The summed E-state index contributed by atoms with van der Waals surface area (Å²) in [7, 11) is 1.98. The average Bonchev–Trinajstić information content (AvgIpc) is 3.11. The van der Waals surface area contributed by atoms with E-state index in [2.05, 4.69) is 10.2 Å². The van der Waals surface area contributed by atoms with Crippen molar-refractivity contribution in [3.8, 4) is 0 Å². The molecule has 3 fully saturated rings. The lowest BCUT2D eigenvalue weighted by atomic mass is 9.89. The van der Waals surface area contributed by atoms with Crippen LogP contribution in [0.1, 0.15) is 41.6 Å². The van der Waals surface area contributed by atoms with Crippen LogP contribution in [-0.2, 0) is 9.53 Å². The Morgan fingerprint density at radius 3 is 2.59 bits per heavy atom. The minimum absolute atomic E-state index is 0.0525. The van der Waals surface area contributed by atoms with Crippen molar-refractivity contribution < 1.29 is 14.3 Å². The quantitative estimate of drug-likeness (QED) is 0.876. The molecule has 6 heteroatoms. The van der Waals surface area contributed by atoms with Crippen molar-refractivity contribution in [1.29, 1.82) is 0 Å². The van der Waals surface area contributed by atoms with Crippen LogP contribution in [-0.4, -0.2) is 72.6 Å². The van der Waals surface area contributed by atoms with Crippen LogP contribution >= 0.6 is 0 Å². The Kier molecular flexibility index (Phi) is 4.95. The Morgan fingerprint density at radius 2 is 1.93 bits per heavy atom. The van der Waals surface area contributed by atoms with Gasteiger partial charge in [0, 0.05) is 18.2 Å². The molecule has 3 aliphatic rings. The number of hydrogen-bond acceptors (Lipinski definition) is 4. The lowest BCUT2D eigenvalue weighted by Crippen LogP contribution is -2.73. The molecule has 0 unspecified atom stereocenters. The minimum atomic E-state index is -0.335. The molecular formula is C21H29N3O3. The number of nitrogens with one attached hydrogen (secondary N) is 1. The Labute approximate surface area is 160 Å². The second-order valence-electron chi connectivity index (χ2n) is 8.45. The third-order valence-electron chi connectivity index (χ3n) is 6.13. The SMILES string of the molecule is Cc1cccc(C(=O)N2CC3(C2)CN(C)[C@@H](C(=O)NC2CCCC2)CO3)c1. The monoisotopic (exact) mass is 371 g/mol. The number of amides is 2. The smallest absolute Gasteiger partial charge is 0.254 e. The number of nitrogens with zero attached hydrogens (tertiary/aromatic N) is 2. The van der Waals surface area contributed by atoms with Crippen LogP contribution in [0.15, 0.2) is 24.3 Å². The lowest BCUT2D eigenvalue weighted by molar-refractivity contribution is -0.187. The second kappa shape index (κ2) is 7.24. The number of carbonyl (C=O) groups excluding carboxylic acids is 2. The van der Waals surface area contributed by atoms with E-state index in [1.165, 1.54) is 12.8 Å². The van der Waals surface area contributed by atoms with Gasteiger partial charge in [-0.1, -0.05) is 30.5 Å². The Morgan fingerprint density at radius 1 is 1.19 bits per heavy atom. The van der Waals surface area contributed by atoms with E-state index >= 15 is 0 Å². The third-order valence-corrected chi connectivity index (χ3v) is 6.13. The molecule has 1 aliphatic carbocycles. The van der Waals surface area contributed by atoms with Crippen LogP contribution in [0.3, 0.4) is 0 Å². The normalized spacial score (nSPS) is 25.4. The number of carbonyl (C=O) groups is 2. The Hall–Kier alpha value is -1.92. The van der Waals surface area contributed by atoms with Crippen LogP contribution in [0.4, 0.5) is 0 Å². The Balaban J connectivity index is 1.31. The van der Waals surface area contributed by atoms with Gasteiger partial charge < -0.3 is 15.0 Å². The van der Waals surface area contributed by atoms with Crippen molar-refractivity contribution in [3.05, 3.63) is 35.4 Å². The van der Waals surface area contributed by atoms with Crippen molar-refractivity contribution in [1.82, 2.24) is 15.1 Å². The summed E-state index contributed by atoms with van der Waals surface area (Å²) in [6.45, 7) is 4.22. The molecule has 4 rings (SSSR count). The van der Waals surface area contributed by atoms with E-state index in [4.69, 9.17) is 4.74 Å². The van der Waals surface area contributed by atoms with E-state index in [-0.39, 0.29) is 23.5 Å². The fourth-order valence-electron chi connectivity index (χ4n) is 4.58. The summed E-state index contributed by atoms with van der Waals surface area (Å²) in [6, 6.07) is 7.77. The van der Waals surface area contributed by atoms with Gasteiger partial charge in [0.05, 0.1) is 19.7 Å². The van der Waals surface area contributed by atoms with Gasteiger partial charge in [-0.15, -0.1) is 0 Å². The maximum atomic E-state index is 12.6. The molecule has 146 valence electrons. The number of hydrogen-bond donors (Lipinski definition) is 1. The summed E-state index contributed by atoms with van der Waals surface area (Å²) >= 11 is 0. The molecule has 1 spiro atoms. The fourth-order valence-corrected chi connectivity index (χ4v) is 4.58. The van der Waals surface area contributed by atoms with E-state index in [1.54, 1.807) is 0 Å². The topological polar surface area (TPSA) is 61.9 Å². The average molecular weight is 371 g/mol. The highest BCUT2D eigenvalue weighted by molar-refractivity contribution is 5.95. The number of likely N-dealkylation sites (tertiary alicyclic amines) is 1. The van der Waals surface area contributed by atoms with Crippen molar-refractivity contribution in [2.45, 2.75) is 50.3 Å². The number of aryl methyl sites for hydroxylation is 1. The maximum Gasteiger partial charge on any atom is 0.254 e. The standard InChI is InChI=1S/C21H29N3O3/c1-15-6-5-7-16(10-15)20(26)24-13-21(14-24)12-23(2)18(11-27-21)19(25)22-17-8-3-4-9-17/h5-7,10,17-18H,3-4,8-9,11-14H2,1-2H3,(H,22,25)/t18-/m1/s1. The molecule has 2 heterocycles. The first-order chi connectivity index (χ1) is 13.0. The number of benzene rings is 1. The van der Waals surface area contributed by atoms with Crippen LogP contribution in [0, 0.1) is 6.92 Å². The molecule has 0 aromatic heterocycles. The van der Waals surface area contributed by atoms with Crippen molar-refractivity contribution in [2.24, 2.45) is 0 Å². The van der Waals surface area contributed by atoms with Crippen LogP contribution in [0.25, 0.3) is 0 Å². The summed E-state index contributed by atoms with van der Waals surface area (Å²) in [5.41, 5.74) is 1.47. The largest absolute Gasteiger partial charge is 0.368 e. The fraction of sp³-hybridized carbons (Fsp3) is 0.619. The van der Waals surface area contributed by atoms with E-state index in [9.17, 15) is 9.59 Å². The summed E-state index contributed by atoms with van der Waals surface area (Å²) in [6.07, 6.45) is 4.58. The minimum Gasteiger partial charge on any atom is -0.368 e. The molecule has 2 saturated heterocycles. The molecule has 27 heavy (non-hydrogen) atoms. The number of morpholine rings is 1. The van der Waals surface area contributed by atoms with Gasteiger partial charge in [0.25, 0.3) is 5.91 Å². The molecule has 1 atom stereocenters. The highest BCUT2D eigenvalue weighted by Crippen LogP contribution is 2.32. The highest BCUT2D eigenvalue weighted by atomic mass is 16.5. The molecule has 2 amide bonds. The van der Waals surface area contributed by atoms with Gasteiger partial charge in [-0.3, -0.25) is 14.5 Å². The molecule has 0 radical (unpaired) electrons. The van der Waals surface area contributed by atoms with E-state index < -0.39 is 0 Å². The zero-order valence-corrected chi connectivity index (χ0v) is 16.2. The van der Waals surface area contributed by atoms with Crippen LogP contribution in [0.2, 0.25) is 0 Å². The van der Waals surface area contributed by atoms with Gasteiger partial charge in [0.2, 0.25) is 5.91 Å². The number of likely N-dealkylation sites (N-methyl/N-ethyl adjacent to an activating group) is 1. The summed E-state index contributed by atoms with van der Waals surface area (Å²) in [4.78, 5) is 29.1. The Bertz CT molecular complexity index is 723. The number of rotatable bonds is 3. The first-order valence-electron chi connectivity index (χ1n) is 9.96. The van der Waals surface area contributed by atoms with E-state index in [0.717, 1.165) is 24.0 Å². The van der Waals surface area contributed by atoms with Crippen molar-refractivity contribution in [2.75, 3.05) is 33.3 Å². The van der Waals surface area contributed by atoms with E-state index in [1.807, 2.05) is 43.1 Å². The zero-order valence-electron chi connectivity index (χ0n) is 16.2. The predicted molar refractivity (Wildman–Crippen MR) is 103 cm³/mol. The van der Waals surface area contributed by atoms with Gasteiger partial charge in [-0.05, 0) is 38.9 Å². The van der Waals surface area contributed by atoms with Crippen molar-refractivity contribution >= 4 is 11.8 Å². The maximum absolute atomic E-state index is 12.6. The predicted octanol–water partition coefficient (Wildman–Crippen LogP) is 1.58. The molecule has 2 aliphatic heterocycles. The van der Waals surface area contributed by atoms with Crippen LogP contribution in [0.5, 0.6) is 0 Å². The third kappa shape index (κ3) is 3.73.